The number of fused-ring (bicyclic) bond motifs is 2. The molecule has 4 nitrogen and oxygen atoms in total. The molecule has 3 heterocycles. The summed E-state index contributed by atoms with van der Waals surface area (Å²) in [6, 6.07) is 9.79. The first-order valence-corrected chi connectivity index (χ1v) is 7.68. The lowest BCUT2D eigenvalue weighted by Crippen LogP contribution is -2.31. The summed E-state index contributed by atoms with van der Waals surface area (Å²) in [6.45, 7) is 2.97. The Hall–Kier alpha value is -2.57. The van der Waals surface area contributed by atoms with E-state index in [9.17, 15) is 13.2 Å². The van der Waals surface area contributed by atoms with Gasteiger partial charge in [-0.3, -0.25) is 0 Å². The van der Waals surface area contributed by atoms with Gasteiger partial charge in [-0.2, -0.15) is 13.2 Å². The molecule has 0 saturated carbocycles. The van der Waals surface area contributed by atoms with E-state index in [1.165, 1.54) is 5.56 Å². The minimum Gasteiger partial charge on any atom is -0.351 e. The lowest BCUT2D eigenvalue weighted by atomic mass is 10.00. The highest BCUT2D eigenvalue weighted by atomic mass is 19.4. The van der Waals surface area contributed by atoms with E-state index < -0.39 is 12.0 Å². The van der Waals surface area contributed by atoms with Crippen LogP contribution in [-0.4, -0.2) is 21.5 Å². The van der Waals surface area contributed by atoms with Crippen LogP contribution in [0.4, 0.5) is 19.0 Å². The molecule has 4 rings (SSSR count). The Kier molecular flexibility index (Phi) is 3.26. The fourth-order valence-electron chi connectivity index (χ4n) is 3.17. The number of rotatable bonds is 1. The van der Waals surface area contributed by atoms with Crippen LogP contribution in [0, 0.1) is 6.92 Å². The zero-order chi connectivity index (χ0) is 16.9. The minimum absolute atomic E-state index is 0.226. The molecule has 0 aliphatic carbocycles. The highest BCUT2D eigenvalue weighted by Gasteiger charge is 2.36. The van der Waals surface area contributed by atoms with Crippen molar-refractivity contribution in [3.05, 3.63) is 53.0 Å². The quantitative estimate of drug-likeness (QED) is 0.736. The van der Waals surface area contributed by atoms with Crippen LogP contribution in [0.3, 0.4) is 0 Å². The van der Waals surface area contributed by atoms with Crippen LogP contribution in [0.2, 0.25) is 0 Å². The average molecular weight is 332 g/mol. The molecule has 24 heavy (non-hydrogen) atoms. The van der Waals surface area contributed by atoms with Crippen molar-refractivity contribution in [3.8, 4) is 0 Å². The Bertz CT molecular complexity index is 914. The van der Waals surface area contributed by atoms with Gasteiger partial charge in [0.25, 0.3) is 0 Å². The molecule has 0 spiro atoms. The smallest absolute Gasteiger partial charge is 0.351 e. The number of aryl methyl sites for hydroxylation is 1. The van der Waals surface area contributed by atoms with E-state index in [0.29, 0.717) is 24.3 Å². The fourth-order valence-corrected chi connectivity index (χ4v) is 3.17. The summed E-state index contributed by atoms with van der Waals surface area (Å²) in [4.78, 5) is 12.3. The van der Waals surface area contributed by atoms with Crippen molar-refractivity contribution in [1.29, 1.82) is 0 Å². The van der Waals surface area contributed by atoms with Gasteiger partial charge >= 0.3 is 6.18 Å². The van der Waals surface area contributed by atoms with Gasteiger partial charge in [0.2, 0.25) is 5.82 Å². The van der Waals surface area contributed by atoms with E-state index in [1.54, 1.807) is 13.0 Å². The standard InChI is InChI=1S/C17H15F3N4/c1-10-8-13-14(21-10)22-16(17(18,19)20)23-15(13)24-7-6-11-4-2-3-5-12(11)9-24/h2-5,8H,6-7,9H2,1H3,(H,21,22,23). The normalized spacial score (nSPS) is 14.9. The maximum Gasteiger partial charge on any atom is 0.451 e. The van der Waals surface area contributed by atoms with E-state index >= 15 is 0 Å². The monoisotopic (exact) mass is 332 g/mol. The van der Waals surface area contributed by atoms with Gasteiger partial charge in [-0.1, -0.05) is 24.3 Å². The summed E-state index contributed by atoms with van der Waals surface area (Å²) >= 11 is 0. The minimum atomic E-state index is -4.57. The van der Waals surface area contributed by atoms with Gasteiger partial charge in [0.05, 0.1) is 5.39 Å². The Morgan fingerprint density at radius 2 is 1.88 bits per heavy atom. The average Bonchev–Trinajstić information content (AvgIpc) is 2.92. The van der Waals surface area contributed by atoms with Crippen LogP contribution in [0.5, 0.6) is 0 Å². The lowest BCUT2D eigenvalue weighted by molar-refractivity contribution is -0.144. The number of halogens is 3. The maximum absolute atomic E-state index is 13.2. The largest absolute Gasteiger partial charge is 0.451 e. The fraction of sp³-hybridized carbons (Fsp3) is 0.294. The van der Waals surface area contributed by atoms with Gasteiger partial charge in [-0.05, 0) is 30.5 Å². The predicted molar refractivity (Wildman–Crippen MR) is 84.8 cm³/mol. The second-order valence-corrected chi connectivity index (χ2v) is 6.02. The van der Waals surface area contributed by atoms with Gasteiger partial charge in [-0.25, -0.2) is 9.97 Å². The molecule has 1 aliphatic heterocycles. The Morgan fingerprint density at radius 1 is 1.12 bits per heavy atom. The molecule has 124 valence electrons. The van der Waals surface area contributed by atoms with Crippen molar-refractivity contribution in [2.45, 2.75) is 26.1 Å². The zero-order valence-electron chi connectivity index (χ0n) is 13.0. The SMILES string of the molecule is Cc1cc2c(N3CCc4ccccc4C3)nc(C(F)(F)F)nc2[nH]1. The van der Waals surface area contributed by atoms with Gasteiger partial charge in [0.15, 0.2) is 0 Å². The van der Waals surface area contributed by atoms with E-state index in [2.05, 4.69) is 21.0 Å². The molecule has 0 saturated heterocycles. The molecule has 0 amide bonds. The summed E-state index contributed by atoms with van der Waals surface area (Å²) in [5, 5.41) is 0.625. The number of anilines is 1. The number of benzene rings is 1. The van der Waals surface area contributed by atoms with Gasteiger partial charge in [0, 0.05) is 18.8 Å². The van der Waals surface area contributed by atoms with Crippen LogP contribution in [-0.2, 0) is 19.1 Å². The van der Waals surface area contributed by atoms with Gasteiger partial charge < -0.3 is 9.88 Å². The summed E-state index contributed by atoms with van der Waals surface area (Å²) in [5.74, 6) is -0.767. The van der Waals surface area contributed by atoms with Crippen molar-refractivity contribution in [2.24, 2.45) is 0 Å². The van der Waals surface area contributed by atoms with Crippen molar-refractivity contribution < 1.29 is 13.2 Å². The van der Waals surface area contributed by atoms with E-state index in [-0.39, 0.29) is 5.65 Å². The van der Waals surface area contributed by atoms with Crippen LogP contribution in [0.15, 0.2) is 30.3 Å². The third-order valence-electron chi connectivity index (χ3n) is 4.29. The van der Waals surface area contributed by atoms with Crippen molar-refractivity contribution in [2.75, 3.05) is 11.4 Å². The third kappa shape index (κ3) is 2.50. The second kappa shape index (κ2) is 5.22. The summed E-state index contributed by atoms with van der Waals surface area (Å²) in [5.41, 5.74) is 3.35. The highest BCUT2D eigenvalue weighted by Crippen LogP contribution is 2.33. The van der Waals surface area contributed by atoms with Gasteiger partial charge in [-0.15, -0.1) is 0 Å². The van der Waals surface area contributed by atoms with Gasteiger partial charge in [0.1, 0.15) is 11.5 Å². The molecule has 0 unspecified atom stereocenters. The van der Waals surface area contributed by atoms with E-state index in [4.69, 9.17) is 0 Å². The molecule has 7 heteroatoms. The van der Waals surface area contributed by atoms with Crippen molar-refractivity contribution >= 4 is 16.9 Å². The number of nitrogens with one attached hydrogen (secondary N) is 1. The molecule has 1 aromatic carbocycles. The molecule has 2 aromatic heterocycles. The number of hydrogen-bond acceptors (Lipinski definition) is 3. The number of hydrogen-bond donors (Lipinski definition) is 1. The van der Waals surface area contributed by atoms with Crippen LogP contribution < -0.4 is 4.90 Å². The maximum atomic E-state index is 13.2. The first-order valence-electron chi connectivity index (χ1n) is 7.68. The summed E-state index contributed by atoms with van der Waals surface area (Å²) < 4.78 is 39.5. The Balaban J connectivity index is 1.84. The highest BCUT2D eigenvalue weighted by molar-refractivity contribution is 5.88. The number of nitrogens with zero attached hydrogens (tertiary/aromatic N) is 3. The molecule has 0 bridgehead atoms. The molecule has 0 atom stereocenters. The Morgan fingerprint density at radius 3 is 2.62 bits per heavy atom. The van der Waals surface area contributed by atoms with Crippen LogP contribution >= 0.6 is 0 Å². The molecule has 3 aromatic rings. The first-order chi connectivity index (χ1) is 11.4. The molecular weight excluding hydrogens is 317 g/mol. The van der Waals surface area contributed by atoms with E-state index in [0.717, 1.165) is 17.7 Å². The summed E-state index contributed by atoms with van der Waals surface area (Å²) in [7, 11) is 0. The summed E-state index contributed by atoms with van der Waals surface area (Å²) in [6.07, 6.45) is -3.79. The number of H-pyrrole nitrogens is 1. The first kappa shape index (κ1) is 15.0. The molecular formula is C17H15F3N4. The predicted octanol–water partition coefficient (Wildman–Crippen LogP) is 3.85. The molecule has 1 N–H and O–H groups in total. The lowest BCUT2D eigenvalue weighted by Gasteiger charge is -2.30. The second-order valence-electron chi connectivity index (χ2n) is 6.02. The zero-order valence-corrected chi connectivity index (χ0v) is 13.0. The topological polar surface area (TPSA) is 44.8 Å². The molecule has 0 radical (unpaired) electrons. The number of aromatic nitrogens is 3. The molecule has 0 fully saturated rings. The Labute approximate surface area is 136 Å². The van der Waals surface area contributed by atoms with E-state index in [1.807, 2.05) is 23.1 Å². The van der Waals surface area contributed by atoms with Crippen LogP contribution in [0.1, 0.15) is 22.6 Å². The van der Waals surface area contributed by atoms with Crippen molar-refractivity contribution in [1.82, 2.24) is 15.0 Å². The number of aromatic amines is 1. The number of alkyl halides is 3. The van der Waals surface area contributed by atoms with Crippen LogP contribution in [0.25, 0.3) is 11.0 Å². The third-order valence-corrected chi connectivity index (χ3v) is 4.29. The molecule has 1 aliphatic rings. The van der Waals surface area contributed by atoms with Crippen molar-refractivity contribution in [3.63, 3.8) is 0 Å².